The van der Waals surface area contributed by atoms with Crippen LogP contribution in [0.5, 0.6) is 0 Å². The molecule has 3 aliphatic carbocycles. The normalized spacial score (nSPS) is 39.8. The maximum atomic E-state index is 10.9. The van der Waals surface area contributed by atoms with Crippen LogP contribution in [0.25, 0.3) is 0 Å². The minimum atomic E-state index is -0.472. The van der Waals surface area contributed by atoms with Gasteiger partial charge in [-0.3, -0.25) is 0 Å². The van der Waals surface area contributed by atoms with Gasteiger partial charge >= 0.3 is 0 Å². The molecule has 4 atom stereocenters. The van der Waals surface area contributed by atoms with E-state index >= 15 is 0 Å². The molecule has 0 bridgehead atoms. The van der Waals surface area contributed by atoms with Crippen molar-refractivity contribution in [2.45, 2.75) is 91.6 Å². The van der Waals surface area contributed by atoms with Crippen molar-refractivity contribution in [3.63, 3.8) is 0 Å². The predicted octanol–water partition coefficient (Wildman–Crippen LogP) is 5.23. The molecule has 0 aromatic rings. The summed E-state index contributed by atoms with van der Waals surface area (Å²) in [6.45, 7) is 9.77. The third kappa shape index (κ3) is 4.19. The molecule has 3 rings (SSSR count). The number of aldehydes is 1. The van der Waals surface area contributed by atoms with Crippen molar-refractivity contribution < 1.29 is 9.90 Å². The molecule has 26 heavy (non-hydrogen) atoms. The SMILES string of the molecule is CC1(C)CCC(C)(C)C2CC(C(O)C#CC3CCC(C=O)CC3)CCC21. The fourth-order valence-corrected chi connectivity index (χ4v) is 6.02. The lowest BCUT2D eigenvalue weighted by atomic mass is 9.49. The fourth-order valence-electron chi connectivity index (χ4n) is 6.02. The molecule has 0 heterocycles. The molecule has 0 aromatic heterocycles. The Hall–Kier alpha value is -0.810. The van der Waals surface area contributed by atoms with Crippen LogP contribution in [0.4, 0.5) is 0 Å². The summed E-state index contributed by atoms with van der Waals surface area (Å²) in [6.07, 6.45) is 10.7. The Bertz CT molecular complexity index is 556. The molecule has 3 aliphatic rings. The van der Waals surface area contributed by atoms with Crippen LogP contribution in [0.15, 0.2) is 0 Å². The number of hydrogen-bond donors (Lipinski definition) is 1. The van der Waals surface area contributed by atoms with Crippen molar-refractivity contribution in [1.82, 2.24) is 0 Å². The van der Waals surface area contributed by atoms with E-state index in [1.54, 1.807) is 0 Å². The molecule has 4 unspecified atom stereocenters. The molecular formula is C24H38O2. The van der Waals surface area contributed by atoms with Gasteiger partial charge in [-0.15, -0.1) is 0 Å². The molecule has 2 heteroatoms. The van der Waals surface area contributed by atoms with Gasteiger partial charge in [0.15, 0.2) is 0 Å². The fraction of sp³-hybridized carbons (Fsp3) is 0.875. The lowest BCUT2D eigenvalue weighted by molar-refractivity contribution is -0.112. The molecule has 146 valence electrons. The van der Waals surface area contributed by atoms with Gasteiger partial charge in [0.05, 0.1) is 0 Å². The highest BCUT2D eigenvalue weighted by atomic mass is 16.3. The zero-order chi connectivity index (χ0) is 18.9. The summed E-state index contributed by atoms with van der Waals surface area (Å²) in [4.78, 5) is 10.9. The second-order valence-corrected chi connectivity index (χ2v) is 10.7. The van der Waals surface area contributed by atoms with E-state index in [0.29, 0.717) is 28.6 Å². The maximum absolute atomic E-state index is 10.9. The largest absolute Gasteiger partial charge is 0.380 e. The monoisotopic (exact) mass is 358 g/mol. The van der Waals surface area contributed by atoms with Crippen molar-refractivity contribution in [2.75, 3.05) is 0 Å². The van der Waals surface area contributed by atoms with Gasteiger partial charge in [0.1, 0.15) is 12.4 Å². The smallest absolute Gasteiger partial charge is 0.123 e. The van der Waals surface area contributed by atoms with Gasteiger partial charge in [-0.2, -0.15) is 0 Å². The second kappa shape index (κ2) is 7.67. The Morgan fingerprint density at radius 3 is 2.15 bits per heavy atom. The Kier molecular flexibility index (Phi) is 5.88. The second-order valence-electron chi connectivity index (χ2n) is 10.7. The highest BCUT2D eigenvalue weighted by Gasteiger charge is 2.50. The minimum absolute atomic E-state index is 0.241. The standard InChI is InChI=1S/C24H38O2/c1-23(2)13-14-24(3,4)21-15-19(10-11-20(21)23)22(26)12-9-17-5-7-18(16-25)8-6-17/h16-22,26H,5-8,10-11,13-15H2,1-4H3. The first-order chi connectivity index (χ1) is 12.2. The summed E-state index contributed by atoms with van der Waals surface area (Å²) < 4.78 is 0. The average molecular weight is 359 g/mol. The first-order valence-electron chi connectivity index (χ1n) is 10.9. The van der Waals surface area contributed by atoms with Crippen LogP contribution in [0.3, 0.4) is 0 Å². The summed E-state index contributed by atoms with van der Waals surface area (Å²) in [6, 6.07) is 0. The van der Waals surface area contributed by atoms with Crippen LogP contribution in [0.1, 0.15) is 85.5 Å². The first-order valence-corrected chi connectivity index (χ1v) is 10.9. The van der Waals surface area contributed by atoms with Gasteiger partial charge < -0.3 is 9.90 Å². The van der Waals surface area contributed by atoms with Crippen LogP contribution in [0, 0.1) is 52.3 Å². The summed E-state index contributed by atoms with van der Waals surface area (Å²) in [5.41, 5.74) is 0.832. The lowest BCUT2D eigenvalue weighted by Crippen LogP contribution is -2.48. The Morgan fingerprint density at radius 2 is 1.54 bits per heavy atom. The highest BCUT2D eigenvalue weighted by Crippen LogP contribution is 2.58. The average Bonchev–Trinajstić information content (AvgIpc) is 2.63. The summed E-state index contributed by atoms with van der Waals surface area (Å²) in [5.74, 6) is 9.03. The van der Waals surface area contributed by atoms with Gasteiger partial charge in [0.2, 0.25) is 0 Å². The maximum Gasteiger partial charge on any atom is 0.123 e. The van der Waals surface area contributed by atoms with E-state index in [4.69, 9.17) is 0 Å². The zero-order valence-corrected chi connectivity index (χ0v) is 17.3. The van der Waals surface area contributed by atoms with E-state index in [-0.39, 0.29) is 5.92 Å². The Balaban J connectivity index is 1.61. The number of fused-ring (bicyclic) bond motifs is 1. The van der Waals surface area contributed by atoms with Crippen LogP contribution in [-0.2, 0) is 4.79 Å². The molecule has 3 fully saturated rings. The highest BCUT2D eigenvalue weighted by molar-refractivity contribution is 5.53. The molecule has 3 saturated carbocycles. The third-order valence-corrected chi connectivity index (χ3v) is 8.16. The van der Waals surface area contributed by atoms with Crippen molar-refractivity contribution in [3.05, 3.63) is 0 Å². The summed E-state index contributed by atoms with van der Waals surface area (Å²) in [5, 5.41) is 10.8. The zero-order valence-electron chi connectivity index (χ0n) is 17.3. The molecule has 0 spiro atoms. The third-order valence-electron chi connectivity index (χ3n) is 8.16. The van der Waals surface area contributed by atoms with Crippen molar-refractivity contribution >= 4 is 6.29 Å². The predicted molar refractivity (Wildman–Crippen MR) is 106 cm³/mol. The van der Waals surface area contributed by atoms with Gasteiger partial charge in [-0.1, -0.05) is 39.5 Å². The number of aliphatic hydroxyl groups is 1. The minimum Gasteiger partial charge on any atom is -0.380 e. The van der Waals surface area contributed by atoms with E-state index in [0.717, 1.165) is 50.7 Å². The van der Waals surface area contributed by atoms with E-state index in [9.17, 15) is 9.90 Å². The number of rotatable bonds is 2. The number of carbonyl (C=O) groups excluding carboxylic acids is 1. The lowest BCUT2D eigenvalue weighted by Gasteiger charge is -2.56. The van der Waals surface area contributed by atoms with Crippen molar-refractivity contribution in [3.8, 4) is 11.8 Å². The molecule has 0 saturated heterocycles. The van der Waals surface area contributed by atoms with Crippen LogP contribution in [-0.4, -0.2) is 17.5 Å². The van der Waals surface area contributed by atoms with Gasteiger partial charge in [0, 0.05) is 11.8 Å². The molecule has 2 nitrogen and oxygen atoms in total. The summed E-state index contributed by atoms with van der Waals surface area (Å²) in [7, 11) is 0. The van der Waals surface area contributed by atoms with E-state index in [2.05, 4.69) is 39.5 Å². The Labute approximate surface area is 160 Å². The topological polar surface area (TPSA) is 37.3 Å². The molecule has 1 N–H and O–H groups in total. The Morgan fingerprint density at radius 1 is 0.923 bits per heavy atom. The molecule has 0 aliphatic heterocycles. The number of hydrogen-bond acceptors (Lipinski definition) is 2. The number of carbonyl (C=O) groups is 1. The molecule has 0 aromatic carbocycles. The van der Waals surface area contributed by atoms with Gasteiger partial charge in [-0.25, -0.2) is 0 Å². The van der Waals surface area contributed by atoms with Crippen LogP contribution in [0.2, 0.25) is 0 Å². The summed E-state index contributed by atoms with van der Waals surface area (Å²) >= 11 is 0. The van der Waals surface area contributed by atoms with E-state index in [1.165, 1.54) is 19.3 Å². The first kappa shape index (κ1) is 19.9. The van der Waals surface area contributed by atoms with Crippen molar-refractivity contribution in [2.24, 2.45) is 40.4 Å². The van der Waals surface area contributed by atoms with E-state index in [1.807, 2.05) is 0 Å². The van der Waals surface area contributed by atoms with E-state index < -0.39 is 6.10 Å². The van der Waals surface area contributed by atoms with Crippen LogP contribution < -0.4 is 0 Å². The van der Waals surface area contributed by atoms with Gasteiger partial charge in [0.25, 0.3) is 0 Å². The van der Waals surface area contributed by atoms with Crippen LogP contribution >= 0.6 is 0 Å². The molecule has 0 radical (unpaired) electrons. The van der Waals surface area contributed by atoms with Gasteiger partial charge in [-0.05, 0) is 86.4 Å². The molecule has 0 amide bonds. The number of aliphatic hydroxyl groups excluding tert-OH is 1. The van der Waals surface area contributed by atoms with Crippen molar-refractivity contribution in [1.29, 1.82) is 0 Å². The molecular weight excluding hydrogens is 320 g/mol. The quantitative estimate of drug-likeness (QED) is 0.542.